The van der Waals surface area contributed by atoms with Gasteiger partial charge in [0.1, 0.15) is 0 Å². The van der Waals surface area contributed by atoms with E-state index in [1.165, 1.54) is 32.4 Å². The van der Waals surface area contributed by atoms with E-state index < -0.39 is 0 Å². The van der Waals surface area contributed by atoms with Gasteiger partial charge in [-0.2, -0.15) is 0 Å². The van der Waals surface area contributed by atoms with E-state index in [-0.39, 0.29) is 0 Å². The van der Waals surface area contributed by atoms with Crippen LogP contribution in [-0.4, -0.2) is 73.5 Å². The third-order valence-corrected chi connectivity index (χ3v) is 4.42. The van der Waals surface area contributed by atoms with Crippen molar-refractivity contribution in [2.75, 3.05) is 52.9 Å². The summed E-state index contributed by atoms with van der Waals surface area (Å²) in [4.78, 5) is 18.8. The summed E-state index contributed by atoms with van der Waals surface area (Å²) in [5, 5.41) is 0. The minimum Gasteiger partial charge on any atom is -0.340 e. The van der Waals surface area contributed by atoms with Gasteiger partial charge in [0.15, 0.2) is 0 Å². The second-order valence-electron chi connectivity index (χ2n) is 6.26. The molecule has 0 saturated carbocycles. The van der Waals surface area contributed by atoms with E-state index >= 15 is 0 Å². The van der Waals surface area contributed by atoms with Gasteiger partial charge in [0.25, 0.3) is 0 Å². The molecule has 17 heavy (non-hydrogen) atoms. The van der Waals surface area contributed by atoms with Crippen LogP contribution in [0.15, 0.2) is 0 Å². The van der Waals surface area contributed by atoms with Gasteiger partial charge in [-0.25, -0.2) is 0 Å². The fraction of sp³-hybridized carbons (Fsp3) is 0.923. The van der Waals surface area contributed by atoms with Crippen molar-refractivity contribution in [2.24, 2.45) is 5.41 Å². The molecule has 4 heteroatoms. The summed E-state index contributed by atoms with van der Waals surface area (Å²) < 4.78 is 0. The summed E-state index contributed by atoms with van der Waals surface area (Å²) in [5.41, 5.74) is 0.478. The zero-order valence-corrected chi connectivity index (χ0v) is 10.8. The molecule has 1 spiro atoms. The van der Waals surface area contributed by atoms with Crippen LogP contribution in [0.4, 0.5) is 0 Å². The van der Waals surface area contributed by atoms with Crippen molar-refractivity contribution in [1.29, 1.82) is 0 Å². The maximum absolute atomic E-state index is 12.1. The summed E-state index contributed by atoms with van der Waals surface area (Å²) in [5.74, 6) is 0.354. The third-order valence-electron chi connectivity index (χ3n) is 4.42. The van der Waals surface area contributed by atoms with Crippen molar-refractivity contribution in [3.63, 3.8) is 0 Å². The second-order valence-corrected chi connectivity index (χ2v) is 6.26. The van der Waals surface area contributed by atoms with Crippen molar-refractivity contribution in [3.05, 3.63) is 0 Å². The molecular formula is C13H23N3O. The van der Waals surface area contributed by atoms with Gasteiger partial charge in [0.2, 0.25) is 5.91 Å². The summed E-state index contributed by atoms with van der Waals surface area (Å²) in [7, 11) is 2.16. The lowest BCUT2D eigenvalue weighted by atomic mass is 9.73. The molecule has 96 valence electrons. The van der Waals surface area contributed by atoms with Gasteiger partial charge >= 0.3 is 0 Å². The summed E-state index contributed by atoms with van der Waals surface area (Å²) in [6.07, 6.45) is 3.87. The molecule has 0 aromatic rings. The highest BCUT2D eigenvalue weighted by atomic mass is 16.2. The van der Waals surface area contributed by atoms with E-state index in [0.717, 1.165) is 26.2 Å². The molecular weight excluding hydrogens is 214 g/mol. The number of rotatable bonds is 2. The molecule has 3 fully saturated rings. The predicted molar refractivity (Wildman–Crippen MR) is 66.8 cm³/mol. The first kappa shape index (κ1) is 11.5. The summed E-state index contributed by atoms with van der Waals surface area (Å²) >= 11 is 0. The van der Waals surface area contributed by atoms with E-state index in [2.05, 4.69) is 21.7 Å². The zero-order valence-electron chi connectivity index (χ0n) is 10.8. The normalized spacial score (nSPS) is 28.9. The molecule has 3 aliphatic rings. The molecule has 0 N–H and O–H groups in total. The predicted octanol–water partition coefficient (Wildman–Crippen LogP) is 0.246. The van der Waals surface area contributed by atoms with E-state index in [9.17, 15) is 4.79 Å². The van der Waals surface area contributed by atoms with E-state index in [4.69, 9.17) is 0 Å². The molecule has 3 saturated heterocycles. The van der Waals surface area contributed by atoms with Gasteiger partial charge in [-0.1, -0.05) is 6.42 Å². The van der Waals surface area contributed by atoms with Crippen LogP contribution in [0.1, 0.15) is 19.3 Å². The van der Waals surface area contributed by atoms with Crippen molar-refractivity contribution >= 4 is 5.91 Å². The summed E-state index contributed by atoms with van der Waals surface area (Å²) in [6, 6.07) is 0. The van der Waals surface area contributed by atoms with E-state index in [0.29, 0.717) is 17.9 Å². The van der Waals surface area contributed by atoms with Crippen LogP contribution in [-0.2, 0) is 4.79 Å². The lowest BCUT2D eigenvalue weighted by Crippen LogP contribution is -2.72. The van der Waals surface area contributed by atoms with E-state index in [1.54, 1.807) is 0 Å². The molecule has 3 rings (SSSR count). The SMILES string of the molecule is CN1CC2(C1)CN(C(=O)CN1CCCCC1)C2. The Bertz CT molecular complexity index is 298. The van der Waals surface area contributed by atoms with Crippen LogP contribution in [0, 0.1) is 5.41 Å². The number of carbonyl (C=O) groups excluding carboxylic acids is 1. The quantitative estimate of drug-likeness (QED) is 0.689. The Hall–Kier alpha value is -0.610. The molecule has 4 nitrogen and oxygen atoms in total. The van der Waals surface area contributed by atoms with Gasteiger partial charge in [0, 0.05) is 31.6 Å². The zero-order chi connectivity index (χ0) is 11.9. The van der Waals surface area contributed by atoms with Crippen molar-refractivity contribution < 1.29 is 4.79 Å². The topological polar surface area (TPSA) is 26.8 Å². The Morgan fingerprint density at radius 1 is 1.06 bits per heavy atom. The number of likely N-dealkylation sites (tertiary alicyclic amines) is 3. The molecule has 0 bridgehead atoms. The van der Waals surface area contributed by atoms with Crippen molar-refractivity contribution in [2.45, 2.75) is 19.3 Å². The highest BCUT2D eigenvalue weighted by molar-refractivity contribution is 5.79. The van der Waals surface area contributed by atoms with Gasteiger partial charge in [-0.15, -0.1) is 0 Å². The van der Waals surface area contributed by atoms with Crippen LogP contribution >= 0.6 is 0 Å². The monoisotopic (exact) mass is 237 g/mol. The smallest absolute Gasteiger partial charge is 0.236 e. The molecule has 0 aliphatic carbocycles. The number of piperidine rings is 1. The number of hydrogen-bond acceptors (Lipinski definition) is 3. The largest absolute Gasteiger partial charge is 0.340 e. The Morgan fingerprint density at radius 3 is 2.29 bits per heavy atom. The molecule has 3 heterocycles. The van der Waals surface area contributed by atoms with Crippen molar-refractivity contribution in [1.82, 2.24) is 14.7 Å². The molecule has 0 radical (unpaired) electrons. The highest BCUT2D eigenvalue weighted by Crippen LogP contribution is 2.38. The maximum atomic E-state index is 12.1. The molecule has 1 amide bonds. The third kappa shape index (κ3) is 2.20. The van der Waals surface area contributed by atoms with Crippen LogP contribution in [0.2, 0.25) is 0 Å². The van der Waals surface area contributed by atoms with Crippen molar-refractivity contribution in [3.8, 4) is 0 Å². The van der Waals surface area contributed by atoms with E-state index in [1.807, 2.05) is 0 Å². The lowest BCUT2D eigenvalue weighted by Gasteiger charge is -2.59. The standard InChI is InChI=1S/C13H23N3O/c1-14-8-13(9-14)10-16(11-13)12(17)7-15-5-3-2-4-6-15/h2-11H2,1H3. The van der Waals surface area contributed by atoms with Crippen LogP contribution in [0.5, 0.6) is 0 Å². The minimum atomic E-state index is 0.354. The van der Waals surface area contributed by atoms with Crippen LogP contribution < -0.4 is 0 Å². The minimum absolute atomic E-state index is 0.354. The molecule has 3 aliphatic heterocycles. The average molecular weight is 237 g/mol. The molecule has 0 atom stereocenters. The number of hydrogen-bond donors (Lipinski definition) is 0. The first-order chi connectivity index (χ1) is 8.17. The highest BCUT2D eigenvalue weighted by Gasteiger charge is 2.51. The number of amides is 1. The fourth-order valence-electron chi connectivity index (χ4n) is 3.65. The number of carbonyl (C=O) groups is 1. The molecule has 0 aromatic heterocycles. The Labute approximate surface area is 104 Å². The van der Waals surface area contributed by atoms with Gasteiger partial charge in [-0.05, 0) is 33.0 Å². The second kappa shape index (κ2) is 4.25. The summed E-state index contributed by atoms with van der Waals surface area (Å²) in [6.45, 7) is 7.27. The lowest BCUT2D eigenvalue weighted by molar-refractivity contribution is -0.157. The van der Waals surface area contributed by atoms with Crippen LogP contribution in [0.3, 0.4) is 0 Å². The average Bonchev–Trinajstić information content (AvgIpc) is 2.22. The Morgan fingerprint density at radius 2 is 1.71 bits per heavy atom. The van der Waals surface area contributed by atoms with Crippen LogP contribution in [0.25, 0.3) is 0 Å². The fourth-order valence-corrected chi connectivity index (χ4v) is 3.65. The molecule has 0 aromatic carbocycles. The Balaban J connectivity index is 1.42. The first-order valence-corrected chi connectivity index (χ1v) is 6.86. The van der Waals surface area contributed by atoms with Gasteiger partial charge in [0.05, 0.1) is 6.54 Å². The first-order valence-electron chi connectivity index (χ1n) is 6.86. The molecule has 0 unspecified atom stereocenters. The van der Waals surface area contributed by atoms with Gasteiger partial charge in [-0.3, -0.25) is 9.69 Å². The Kier molecular flexibility index (Phi) is 2.87. The maximum Gasteiger partial charge on any atom is 0.236 e. The van der Waals surface area contributed by atoms with Gasteiger partial charge < -0.3 is 9.80 Å². The number of nitrogens with zero attached hydrogens (tertiary/aromatic N) is 3.